The van der Waals surface area contributed by atoms with E-state index >= 15 is 0 Å². The van der Waals surface area contributed by atoms with Crippen molar-refractivity contribution >= 4 is 23.2 Å². The summed E-state index contributed by atoms with van der Waals surface area (Å²) in [7, 11) is 0. The lowest BCUT2D eigenvalue weighted by Gasteiger charge is -2.21. The molecule has 0 saturated heterocycles. The van der Waals surface area contributed by atoms with Crippen LogP contribution >= 0.6 is 23.2 Å². The maximum absolute atomic E-state index is 6.01. The Balaban J connectivity index is 2.13. The zero-order valence-corrected chi connectivity index (χ0v) is 9.55. The molecule has 0 bridgehead atoms. The SMILES string of the molecule is Clc1ccc2c(c1)Oc1cccc(Cl)c1O2. The molecule has 2 aromatic rings. The van der Waals surface area contributed by atoms with Crippen molar-refractivity contribution in [3.05, 3.63) is 46.4 Å². The Kier molecular flexibility index (Phi) is 2.20. The standard InChI is InChI=1S/C12H6Cl2O2/c13-7-4-5-9-11(6-7)15-10-3-1-2-8(14)12(10)16-9/h1-6H. The average molecular weight is 253 g/mol. The lowest BCUT2D eigenvalue weighted by Crippen LogP contribution is -1.98. The molecule has 0 saturated carbocycles. The number of benzene rings is 2. The quantitative estimate of drug-likeness (QED) is 0.567. The first-order valence-corrected chi connectivity index (χ1v) is 5.43. The first kappa shape index (κ1) is 9.82. The molecule has 2 nitrogen and oxygen atoms in total. The van der Waals surface area contributed by atoms with Crippen LogP contribution in [0.5, 0.6) is 23.0 Å². The predicted octanol–water partition coefficient (Wildman–Crippen LogP) is 4.89. The lowest BCUT2D eigenvalue weighted by molar-refractivity contribution is 0.360. The van der Waals surface area contributed by atoms with E-state index in [1.165, 1.54) is 0 Å². The number of hydrogen-bond acceptors (Lipinski definition) is 2. The monoisotopic (exact) mass is 252 g/mol. The molecule has 0 aromatic heterocycles. The van der Waals surface area contributed by atoms with Crippen molar-refractivity contribution in [1.29, 1.82) is 0 Å². The summed E-state index contributed by atoms with van der Waals surface area (Å²) in [5.41, 5.74) is 0. The van der Waals surface area contributed by atoms with E-state index in [0.29, 0.717) is 33.0 Å². The van der Waals surface area contributed by atoms with E-state index in [4.69, 9.17) is 32.7 Å². The van der Waals surface area contributed by atoms with Crippen molar-refractivity contribution in [2.75, 3.05) is 0 Å². The van der Waals surface area contributed by atoms with E-state index in [1.54, 1.807) is 36.4 Å². The van der Waals surface area contributed by atoms with E-state index in [9.17, 15) is 0 Å². The normalized spacial score (nSPS) is 12.1. The van der Waals surface area contributed by atoms with Crippen LogP contribution in [0.2, 0.25) is 10.0 Å². The van der Waals surface area contributed by atoms with Crippen molar-refractivity contribution in [3.63, 3.8) is 0 Å². The van der Waals surface area contributed by atoms with Crippen molar-refractivity contribution in [2.45, 2.75) is 0 Å². The van der Waals surface area contributed by atoms with Gasteiger partial charge in [0.2, 0.25) is 0 Å². The minimum absolute atomic E-state index is 0.526. The molecular weight excluding hydrogens is 247 g/mol. The number of ether oxygens (including phenoxy) is 2. The molecule has 1 aliphatic heterocycles. The summed E-state index contributed by atoms with van der Waals surface area (Å²) < 4.78 is 11.3. The molecule has 0 fully saturated rings. The van der Waals surface area contributed by atoms with Gasteiger partial charge in [-0.25, -0.2) is 0 Å². The van der Waals surface area contributed by atoms with Crippen LogP contribution in [0.25, 0.3) is 0 Å². The number of fused-ring (bicyclic) bond motifs is 2. The van der Waals surface area contributed by atoms with E-state index in [-0.39, 0.29) is 0 Å². The predicted molar refractivity (Wildman–Crippen MR) is 63.1 cm³/mol. The fourth-order valence-electron chi connectivity index (χ4n) is 1.54. The van der Waals surface area contributed by atoms with Crippen molar-refractivity contribution in [3.8, 4) is 23.0 Å². The molecule has 1 heterocycles. The second-order valence-electron chi connectivity index (χ2n) is 3.36. The van der Waals surface area contributed by atoms with E-state index in [2.05, 4.69) is 0 Å². The molecule has 16 heavy (non-hydrogen) atoms. The maximum atomic E-state index is 6.01. The molecule has 0 aliphatic carbocycles. The highest BCUT2D eigenvalue weighted by molar-refractivity contribution is 6.32. The summed E-state index contributed by atoms with van der Waals surface area (Å²) in [5, 5.41) is 1.13. The molecule has 3 rings (SSSR count). The van der Waals surface area contributed by atoms with Gasteiger partial charge in [0.25, 0.3) is 0 Å². The van der Waals surface area contributed by atoms with E-state index in [1.807, 2.05) is 0 Å². The Morgan fingerprint density at radius 2 is 1.69 bits per heavy atom. The van der Waals surface area contributed by atoms with Gasteiger partial charge < -0.3 is 9.47 Å². The van der Waals surface area contributed by atoms with Gasteiger partial charge in [-0.05, 0) is 24.3 Å². The van der Waals surface area contributed by atoms with Gasteiger partial charge in [-0.2, -0.15) is 0 Å². The van der Waals surface area contributed by atoms with Crippen LogP contribution in [-0.2, 0) is 0 Å². The van der Waals surface area contributed by atoms with Crippen LogP contribution in [-0.4, -0.2) is 0 Å². The Labute approximate surface area is 102 Å². The van der Waals surface area contributed by atoms with Crippen LogP contribution in [0, 0.1) is 0 Å². The topological polar surface area (TPSA) is 18.5 Å². The van der Waals surface area contributed by atoms with Gasteiger partial charge in [-0.1, -0.05) is 29.3 Å². The highest BCUT2D eigenvalue weighted by Crippen LogP contribution is 2.48. The third-order valence-electron chi connectivity index (χ3n) is 2.27. The van der Waals surface area contributed by atoms with Crippen LogP contribution < -0.4 is 9.47 Å². The number of para-hydroxylation sites is 1. The first-order valence-electron chi connectivity index (χ1n) is 4.68. The van der Waals surface area contributed by atoms with Crippen molar-refractivity contribution in [2.24, 2.45) is 0 Å². The second kappa shape index (κ2) is 3.58. The van der Waals surface area contributed by atoms with Gasteiger partial charge in [0.1, 0.15) is 0 Å². The molecule has 0 amide bonds. The molecule has 0 N–H and O–H groups in total. The summed E-state index contributed by atoms with van der Waals surface area (Å²) in [6.07, 6.45) is 0. The van der Waals surface area contributed by atoms with Gasteiger partial charge in [0, 0.05) is 11.1 Å². The molecular formula is C12H6Cl2O2. The average Bonchev–Trinajstić information content (AvgIpc) is 2.27. The first-order chi connectivity index (χ1) is 7.74. The van der Waals surface area contributed by atoms with Gasteiger partial charge in [0.05, 0.1) is 5.02 Å². The third kappa shape index (κ3) is 1.51. The second-order valence-corrected chi connectivity index (χ2v) is 4.21. The Morgan fingerprint density at radius 1 is 0.812 bits per heavy atom. The Morgan fingerprint density at radius 3 is 2.56 bits per heavy atom. The largest absolute Gasteiger partial charge is 0.449 e. The Bertz CT molecular complexity index is 567. The summed E-state index contributed by atoms with van der Waals surface area (Å²) in [6.45, 7) is 0. The molecule has 0 unspecified atom stereocenters. The summed E-state index contributed by atoms with van der Waals surface area (Å²) >= 11 is 11.9. The smallest absolute Gasteiger partial charge is 0.188 e. The minimum atomic E-state index is 0.526. The molecule has 0 atom stereocenters. The van der Waals surface area contributed by atoms with Crippen LogP contribution in [0.4, 0.5) is 0 Å². The fraction of sp³-hybridized carbons (Fsp3) is 0. The summed E-state index contributed by atoms with van der Waals surface area (Å²) in [4.78, 5) is 0. The Hall–Kier alpha value is -1.38. The third-order valence-corrected chi connectivity index (χ3v) is 2.80. The molecule has 0 radical (unpaired) electrons. The maximum Gasteiger partial charge on any atom is 0.188 e. The zero-order valence-electron chi connectivity index (χ0n) is 8.04. The highest BCUT2D eigenvalue weighted by Gasteiger charge is 2.20. The zero-order chi connectivity index (χ0) is 11.1. The van der Waals surface area contributed by atoms with Gasteiger partial charge in [-0.15, -0.1) is 0 Å². The van der Waals surface area contributed by atoms with Crippen LogP contribution in [0.15, 0.2) is 36.4 Å². The van der Waals surface area contributed by atoms with E-state index in [0.717, 1.165) is 0 Å². The van der Waals surface area contributed by atoms with Crippen LogP contribution in [0.1, 0.15) is 0 Å². The van der Waals surface area contributed by atoms with Crippen molar-refractivity contribution < 1.29 is 9.47 Å². The molecule has 1 aliphatic rings. The fourth-order valence-corrected chi connectivity index (χ4v) is 1.91. The summed E-state index contributed by atoms with van der Waals surface area (Å²) in [6, 6.07) is 10.6. The molecule has 0 spiro atoms. The lowest BCUT2D eigenvalue weighted by atomic mass is 10.2. The van der Waals surface area contributed by atoms with Gasteiger partial charge in [-0.3, -0.25) is 0 Å². The molecule has 80 valence electrons. The van der Waals surface area contributed by atoms with Crippen molar-refractivity contribution in [1.82, 2.24) is 0 Å². The van der Waals surface area contributed by atoms with Crippen LogP contribution in [0.3, 0.4) is 0 Å². The van der Waals surface area contributed by atoms with Gasteiger partial charge >= 0.3 is 0 Å². The molecule has 4 heteroatoms. The number of rotatable bonds is 0. The minimum Gasteiger partial charge on any atom is -0.449 e. The highest BCUT2D eigenvalue weighted by atomic mass is 35.5. The van der Waals surface area contributed by atoms with Gasteiger partial charge in [0.15, 0.2) is 23.0 Å². The number of halogens is 2. The summed E-state index contributed by atoms with van der Waals surface area (Å²) in [5.74, 6) is 2.36. The molecule has 2 aromatic carbocycles. The number of hydrogen-bond donors (Lipinski definition) is 0. The van der Waals surface area contributed by atoms with E-state index < -0.39 is 0 Å².